The number of hydrogen-bond donors (Lipinski definition) is 1. The van der Waals surface area contributed by atoms with Crippen molar-refractivity contribution >= 4 is 23.4 Å². The maximum atomic E-state index is 13.5. The van der Waals surface area contributed by atoms with E-state index in [9.17, 15) is 19.3 Å². The van der Waals surface area contributed by atoms with Crippen molar-refractivity contribution in [1.82, 2.24) is 4.90 Å². The van der Waals surface area contributed by atoms with Gasteiger partial charge in [-0.15, -0.1) is 11.8 Å². The van der Waals surface area contributed by atoms with Crippen molar-refractivity contribution in [1.29, 1.82) is 0 Å². The second-order valence-electron chi connectivity index (χ2n) is 4.01. The van der Waals surface area contributed by atoms with Gasteiger partial charge in [0.2, 0.25) is 0 Å². The van der Waals surface area contributed by atoms with Crippen LogP contribution in [0.3, 0.4) is 0 Å². The Kier molecular flexibility index (Phi) is 5.25. The molecule has 0 fully saturated rings. The summed E-state index contributed by atoms with van der Waals surface area (Å²) in [6, 6.07) is 1.66. The Bertz CT molecular complexity index is 508. The number of halogens is 1. The monoisotopic (exact) mass is 288 g/mol. The second-order valence-corrected chi connectivity index (χ2v) is 5.15. The molecular weight excluding hydrogens is 275 g/mol. The summed E-state index contributed by atoms with van der Waals surface area (Å²) in [5, 5.41) is 19.6. The summed E-state index contributed by atoms with van der Waals surface area (Å²) in [7, 11) is 3.70. The number of carbonyl (C=O) groups is 1. The van der Waals surface area contributed by atoms with E-state index in [1.165, 1.54) is 0 Å². The molecule has 1 N–H and O–H groups in total. The summed E-state index contributed by atoms with van der Waals surface area (Å²) >= 11 is 1.12. The molecule has 0 saturated heterocycles. The number of hydrogen-bond acceptors (Lipinski definition) is 5. The highest BCUT2D eigenvalue weighted by Crippen LogP contribution is 2.31. The molecule has 0 amide bonds. The molecule has 0 heterocycles. The van der Waals surface area contributed by atoms with Crippen LogP contribution in [-0.4, -0.2) is 47.3 Å². The third-order valence-corrected chi connectivity index (χ3v) is 3.30. The number of benzene rings is 1. The fourth-order valence-corrected chi connectivity index (χ4v) is 2.45. The molecule has 0 aliphatic heterocycles. The Morgan fingerprint density at radius 2 is 2.16 bits per heavy atom. The first-order valence-corrected chi connectivity index (χ1v) is 6.30. The van der Waals surface area contributed by atoms with Gasteiger partial charge in [-0.3, -0.25) is 10.1 Å². The van der Waals surface area contributed by atoms with Gasteiger partial charge in [0.25, 0.3) is 5.69 Å². The third kappa shape index (κ3) is 4.18. The Morgan fingerprint density at radius 3 is 2.63 bits per heavy atom. The molecule has 0 aliphatic carbocycles. The highest BCUT2D eigenvalue weighted by Gasteiger charge is 2.21. The zero-order valence-corrected chi connectivity index (χ0v) is 11.2. The third-order valence-electron chi connectivity index (χ3n) is 2.27. The van der Waals surface area contributed by atoms with Crippen molar-refractivity contribution in [2.24, 2.45) is 0 Å². The topological polar surface area (TPSA) is 83.7 Å². The molecule has 104 valence electrons. The molecule has 0 spiro atoms. The van der Waals surface area contributed by atoms with Crippen LogP contribution in [0.1, 0.15) is 10.4 Å². The highest BCUT2D eigenvalue weighted by molar-refractivity contribution is 7.99. The molecule has 1 rings (SSSR count). The lowest BCUT2D eigenvalue weighted by Gasteiger charge is -2.09. The molecule has 0 saturated carbocycles. The summed E-state index contributed by atoms with van der Waals surface area (Å²) in [5.41, 5.74) is -1.08. The second kappa shape index (κ2) is 6.48. The molecule has 0 atom stereocenters. The zero-order chi connectivity index (χ0) is 14.6. The van der Waals surface area contributed by atoms with Gasteiger partial charge >= 0.3 is 5.97 Å². The van der Waals surface area contributed by atoms with E-state index in [1.54, 1.807) is 0 Å². The largest absolute Gasteiger partial charge is 0.478 e. The maximum Gasteiger partial charge on any atom is 0.338 e. The fourth-order valence-electron chi connectivity index (χ4n) is 1.30. The van der Waals surface area contributed by atoms with E-state index in [-0.39, 0.29) is 10.6 Å². The summed E-state index contributed by atoms with van der Waals surface area (Å²) < 4.78 is 13.5. The molecule has 1 aromatic carbocycles. The Balaban J connectivity index is 3.06. The SMILES string of the molecule is CN(C)CCSc1cc(F)c(C(=O)O)cc1[N+](=O)[O-]. The fraction of sp³-hybridized carbons (Fsp3) is 0.364. The Hall–Kier alpha value is -1.67. The lowest BCUT2D eigenvalue weighted by Crippen LogP contribution is -2.14. The van der Waals surface area contributed by atoms with E-state index in [1.807, 2.05) is 19.0 Å². The molecule has 0 radical (unpaired) electrons. The number of aromatic carboxylic acids is 1. The van der Waals surface area contributed by atoms with Crippen molar-refractivity contribution in [2.45, 2.75) is 4.90 Å². The number of carboxylic acid groups (broad SMARTS) is 1. The van der Waals surface area contributed by atoms with E-state index in [0.29, 0.717) is 12.3 Å². The molecule has 0 unspecified atom stereocenters. The standard InChI is InChI=1S/C11H13FN2O4S/c1-13(2)3-4-19-10-6-8(12)7(11(15)16)5-9(10)14(17)18/h5-6H,3-4H2,1-2H3,(H,15,16). The lowest BCUT2D eigenvalue weighted by molar-refractivity contribution is -0.387. The van der Waals surface area contributed by atoms with Gasteiger partial charge in [-0.25, -0.2) is 9.18 Å². The number of rotatable bonds is 6. The summed E-state index contributed by atoms with van der Waals surface area (Å²) in [5.74, 6) is -1.95. The molecule has 8 heteroatoms. The minimum Gasteiger partial charge on any atom is -0.478 e. The number of nitrogens with zero attached hydrogens (tertiary/aromatic N) is 2. The number of thioether (sulfide) groups is 1. The van der Waals surface area contributed by atoms with Crippen LogP contribution in [0.5, 0.6) is 0 Å². The predicted molar refractivity (Wildman–Crippen MR) is 69.3 cm³/mol. The average molecular weight is 288 g/mol. The van der Waals surface area contributed by atoms with E-state index in [0.717, 1.165) is 23.9 Å². The van der Waals surface area contributed by atoms with Gasteiger partial charge in [-0.05, 0) is 20.2 Å². The minimum atomic E-state index is -1.52. The van der Waals surface area contributed by atoms with E-state index in [4.69, 9.17) is 5.11 Å². The molecule has 0 aromatic heterocycles. The zero-order valence-electron chi connectivity index (χ0n) is 10.4. The van der Waals surface area contributed by atoms with E-state index < -0.39 is 22.3 Å². The maximum absolute atomic E-state index is 13.5. The predicted octanol–water partition coefficient (Wildman–Crippen LogP) is 2.09. The molecule has 1 aromatic rings. The van der Waals surface area contributed by atoms with Crippen LogP contribution in [0.2, 0.25) is 0 Å². The van der Waals surface area contributed by atoms with Crippen LogP contribution >= 0.6 is 11.8 Å². The summed E-state index contributed by atoms with van der Waals surface area (Å²) in [6.45, 7) is 0.671. The first kappa shape index (κ1) is 15.4. The van der Waals surface area contributed by atoms with Crippen LogP contribution in [0.25, 0.3) is 0 Å². The smallest absolute Gasteiger partial charge is 0.338 e. The van der Waals surface area contributed by atoms with Crippen LogP contribution < -0.4 is 0 Å². The van der Waals surface area contributed by atoms with Crippen LogP contribution in [0.15, 0.2) is 17.0 Å². The van der Waals surface area contributed by atoms with Crippen molar-refractivity contribution in [3.63, 3.8) is 0 Å². The van der Waals surface area contributed by atoms with Gasteiger partial charge in [0, 0.05) is 18.4 Å². The van der Waals surface area contributed by atoms with Crippen molar-refractivity contribution in [2.75, 3.05) is 26.4 Å². The highest BCUT2D eigenvalue weighted by atomic mass is 32.2. The molecule has 6 nitrogen and oxygen atoms in total. The van der Waals surface area contributed by atoms with Crippen molar-refractivity contribution < 1.29 is 19.2 Å². The molecule has 0 bridgehead atoms. The van der Waals surface area contributed by atoms with Gasteiger partial charge in [0.1, 0.15) is 11.4 Å². The van der Waals surface area contributed by atoms with Crippen molar-refractivity contribution in [3.05, 3.63) is 33.6 Å². The van der Waals surface area contributed by atoms with Crippen LogP contribution in [0.4, 0.5) is 10.1 Å². The Morgan fingerprint density at radius 1 is 1.53 bits per heavy atom. The number of nitro groups is 1. The normalized spacial score (nSPS) is 10.7. The Labute approximate surface area is 113 Å². The summed E-state index contributed by atoms with van der Waals surface area (Å²) in [4.78, 5) is 22.9. The van der Waals surface area contributed by atoms with Gasteiger partial charge in [0.15, 0.2) is 0 Å². The van der Waals surface area contributed by atoms with E-state index in [2.05, 4.69) is 0 Å². The first-order valence-electron chi connectivity index (χ1n) is 5.31. The lowest BCUT2D eigenvalue weighted by atomic mass is 10.2. The van der Waals surface area contributed by atoms with Gasteiger partial charge in [0.05, 0.1) is 9.82 Å². The minimum absolute atomic E-state index is 0.134. The van der Waals surface area contributed by atoms with Crippen LogP contribution in [0, 0.1) is 15.9 Å². The number of carboxylic acids is 1. The van der Waals surface area contributed by atoms with Gasteiger partial charge < -0.3 is 10.0 Å². The quantitative estimate of drug-likeness (QED) is 0.490. The van der Waals surface area contributed by atoms with Gasteiger partial charge in [-0.1, -0.05) is 0 Å². The number of nitro benzene ring substituents is 1. The average Bonchev–Trinajstić information content (AvgIpc) is 2.27. The van der Waals surface area contributed by atoms with Crippen LogP contribution in [-0.2, 0) is 0 Å². The molecular formula is C11H13FN2O4S. The van der Waals surface area contributed by atoms with Crippen molar-refractivity contribution in [3.8, 4) is 0 Å². The van der Waals surface area contributed by atoms with E-state index >= 15 is 0 Å². The first-order chi connectivity index (χ1) is 8.82. The summed E-state index contributed by atoms with van der Waals surface area (Å²) in [6.07, 6.45) is 0. The molecule has 19 heavy (non-hydrogen) atoms. The van der Waals surface area contributed by atoms with Gasteiger partial charge in [-0.2, -0.15) is 0 Å². The molecule has 0 aliphatic rings.